The molecule has 0 unspecified atom stereocenters. The molecule has 0 aliphatic rings. The molecule has 2 aromatic rings. The lowest BCUT2D eigenvalue weighted by Crippen LogP contribution is -1.99. The zero-order chi connectivity index (χ0) is 10.8. The van der Waals surface area contributed by atoms with E-state index in [0.717, 1.165) is 0 Å². The van der Waals surface area contributed by atoms with E-state index in [2.05, 4.69) is 9.97 Å². The second-order valence-corrected chi connectivity index (χ2v) is 3.10. The summed E-state index contributed by atoms with van der Waals surface area (Å²) in [5.41, 5.74) is 0.769. The second-order valence-electron chi connectivity index (χ2n) is 3.10. The molecule has 0 saturated heterocycles. The van der Waals surface area contributed by atoms with Gasteiger partial charge in [0.05, 0.1) is 5.56 Å². The number of carbonyl (C=O) groups is 1. The lowest BCUT2D eigenvalue weighted by Gasteiger charge is -2.01. The van der Waals surface area contributed by atoms with Crippen LogP contribution in [0.2, 0.25) is 0 Å². The number of hydrogen-bond donors (Lipinski definition) is 1. The Morgan fingerprint density at radius 3 is 2.80 bits per heavy atom. The summed E-state index contributed by atoms with van der Waals surface area (Å²) in [6.07, 6.45) is 4.89. The number of aryl methyl sites for hydroxylation is 1. The molecule has 0 aromatic carbocycles. The number of aromatic carboxylic acids is 1. The Labute approximate surface area is 86.0 Å². The van der Waals surface area contributed by atoms with E-state index in [-0.39, 0.29) is 5.56 Å². The van der Waals surface area contributed by atoms with Crippen LogP contribution >= 0.6 is 0 Å². The average molecular weight is 203 g/mol. The third kappa shape index (κ3) is 1.71. The molecule has 76 valence electrons. The van der Waals surface area contributed by atoms with Crippen LogP contribution in [0.3, 0.4) is 0 Å². The molecule has 0 saturated carbocycles. The van der Waals surface area contributed by atoms with E-state index >= 15 is 0 Å². The van der Waals surface area contributed by atoms with Gasteiger partial charge in [0, 0.05) is 25.6 Å². The van der Waals surface area contributed by atoms with Crippen molar-refractivity contribution in [2.24, 2.45) is 7.05 Å². The summed E-state index contributed by atoms with van der Waals surface area (Å²) in [5, 5.41) is 8.82. The van der Waals surface area contributed by atoms with Crippen LogP contribution in [0.1, 0.15) is 10.4 Å². The highest BCUT2D eigenvalue weighted by Crippen LogP contribution is 2.14. The number of imidazole rings is 1. The van der Waals surface area contributed by atoms with Crippen LogP contribution in [0.5, 0.6) is 0 Å². The first-order valence-electron chi connectivity index (χ1n) is 4.35. The zero-order valence-electron chi connectivity index (χ0n) is 8.08. The molecule has 0 bridgehead atoms. The van der Waals surface area contributed by atoms with Crippen molar-refractivity contribution >= 4 is 5.97 Å². The topological polar surface area (TPSA) is 68.0 Å². The SMILES string of the molecule is Cn1ccnc1-c1cc(C(=O)O)ccn1. The van der Waals surface area contributed by atoms with Crippen molar-refractivity contribution in [1.29, 1.82) is 0 Å². The molecule has 2 aromatic heterocycles. The fourth-order valence-electron chi connectivity index (χ4n) is 1.30. The Kier molecular flexibility index (Phi) is 2.21. The van der Waals surface area contributed by atoms with Crippen molar-refractivity contribution in [3.8, 4) is 11.5 Å². The molecule has 0 spiro atoms. The average Bonchev–Trinajstić information content (AvgIpc) is 2.64. The normalized spacial score (nSPS) is 10.2. The maximum absolute atomic E-state index is 10.8. The monoisotopic (exact) mass is 203 g/mol. The van der Waals surface area contributed by atoms with Crippen LogP contribution in [0.15, 0.2) is 30.7 Å². The lowest BCUT2D eigenvalue weighted by molar-refractivity contribution is 0.0697. The number of carboxylic acids is 1. The minimum atomic E-state index is -0.965. The van der Waals surface area contributed by atoms with Gasteiger partial charge in [-0.1, -0.05) is 0 Å². The van der Waals surface area contributed by atoms with E-state index in [1.165, 1.54) is 18.3 Å². The lowest BCUT2D eigenvalue weighted by atomic mass is 10.2. The summed E-state index contributed by atoms with van der Waals surface area (Å²) < 4.78 is 1.79. The fourth-order valence-corrected chi connectivity index (χ4v) is 1.30. The molecular weight excluding hydrogens is 194 g/mol. The molecule has 5 nitrogen and oxygen atoms in total. The molecule has 0 aliphatic heterocycles. The van der Waals surface area contributed by atoms with Crippen molar-refractivity contribution in [1.82, 2.24) is 14.5 Å². The van der Waals surface area contributed by atoms with Gasteiger partial charge in [-0.05, 0) is 12.1 Å². The first kappa shape index (κ1) is 9.39. The van der Waals surface area contributed by atoms with Crippen molar-refractivity contribution in [3.63, 3.8) is 0 Å². The molecule has 0 radical (unpaired) electrons. The predicted octanol–water partition coefficient (Wildman–Crippen LogP) is 1.18. The van der Waals surface area contributed by atoms with Gasteiger partial charge in [-0.15, -0.1) is 0 Å². The third-order valence-corrected chi connectivity index (χ3v) is 2.06. The van der Waals surface area contributed by atoms with E-state index in [0.29, 0.717) is 11.5 Å². The quantitative estimate of drug-likeness (QED) is 0.795. The molecule has 5 heteroatoms. The first-order valence-corrected chi connectivity index (χ1v) is 4.35. The molecule has 1 N–H and O–H groups in total. The Morgan fingerprint density at radius 1 is 1.40 bits per heavy atom. The van der Waals surface area contributed by atoms with Crippen LogP contribution in [0.4, 0.5) is 0 Å². The second kappa shape index (κ2) is 3.53. The smallest absolute Gasteiger partial charge is 0.335 e. The highest BCUT2D eigenvalue weighted by atomic mass is 16.4. The Morgan fingerprint density at radius 2 is 2.20 bits per heavy atom. The van der Waals surface area contributed by atoms with Gasteiger partial charge in [0.25, 0.3) is 0 Å². The van der Waals surface area contributed by atoms with Crippen LogP contribution in [0, 0.1) is 0 Å². The Bertz CT molecular complexity index is 505. The maximum Gasteiger partial charge on any atom is 0.335 e. The van der Waals surface area contributed by atoms with Gasteiger partial charge < -0.3 is 9.67 Å². The van der Waals surface area contributed by atoms with E-state index in [1.54, 1.807) is 17.0 Å². The van der Waals surface area contributed by atoms with Crippen molar-refractivity contribution in [3.05, 3.63) is 36.3 Å². The van der Waals surface area contributed by atoms with Gasteiger partial charge in [0.2, 0.25) is 0 Å². The number of pyridine rings is 1. The summed E-state index contributed by atoms with van der Waals surface area (Å²) in [6, 6.07) is 2.96. The number of hydrogen-bond acceptors (Lipinski definition) is 3. The maximum atomic E-state index is 10.8. The van der Waals surface area contributed by atoms with Gasteiger partial charge in [0.15, 0.2) is 5.82 Å². The van der Waals surface area contributed by atoms with E-state index in [4.69, 9.17) is 5.11 Å². The van der Waals surface area contributed by atoms with Gasteiger partial charge in [-0.3, -0.25) is 4.98 Å². The molecular formula is C10H9N3O2. The molecule has 0 fully saturated rings. The van der Waals surface area contributed by atoms with Gasteiger partial charge in [0.1, 0.15) is 5.69 Å². The summed E-state index contributed by atoms with van der Waals surface area (Å²) in [5.74, 6) is -0.314. The summed E-state index contributed by atoms with van der Waals surface area (Å²) >= 11 is 0. The zero-order valence-corrected chi connectivity index (χ0v) is 8.08. The number of carboxylic acid groups (broad SMARTS) is 1. The first-order chi connectivity index (χ1) is 7.18. The molecule has 0 amide bonds. The summed E-state index contributed by atoms with van der Waals surface area (Å²) in [6.45, 7) is 0. The standard InChI is InChI=1S/C10H9N3O2/c1-13-5-4-12-9(13)8-6-7(10(14)15)2-3-11-8/h2-6H,1H3,(H,14,15). The number of nitrogens with zero attached hydrogens (tertiary/aromatic N) is 3. The minimum Gasteiger partial charge on any atom is -0.478 e. The highest BCUT2D eigenvalue weighted by Gasteiger charge is 2.08. The number of aromatic nitrogens is 3. The van der Waals surface area contributed by atoms with Crippen LogP contribution in [-0.2, 0) is 7.05 Å². The number of rotatable bonds is 2. The molecule has 2 heterocycles. The Hall–Kier alpha value is -2.17. The van der Waals surface area contributed by atoms with Crippen LogP contribution in [0.25, 0.3) is 11.5 Å². The summed E-state index contributed by atoms with van der Waals surface area (Å²) in [7, 11) is 1.83. The van der Waals surface area contributed by atoms with E-state index in [9.17, 15) is 4.79 Å². The van der Waals surface area contributed by atoms with Crippen molar-refractivity contribution < 1.29 is 9.90 Å². The third-order valence-electron chi connectivity index (χ3n) is 2.06. The largest absolute Gasteiger partial charge is 0.478 e. The predicted molar refractivity (Wildman–Crippen MR) is 53.4 cm³/mol. The summed E-state index contributed by atoms with van der Waals surface area (Å²) in [4.78, 5) is 18.9. The van der Waals surface area contributed by atoms with E-state index in [1.807, 2.05) is 7.05 Å². The van der Waals surface area contributed by atoms with Crippen molar-refractivity contribution in [2.45, 2.75) is 0 Å². The van der Waals surface area contributed by atoms with E-state index < -0.39 is 5.97 Å². The van der Waals surface area contributed by atoms with Crippen LogP contribution in [-0.4, -0.2) is 25.6 Å². The Balaban J connectivity index is 2.50. The minimum absolute atomic E-state index is 0.211. The van der Waals surface area contributed by atoms with Gasteiger partial charge in [-0.2, -0.15) is 0 Å². The highest BCUT2D eigenvalue weighted by molar-refractivity contribution is 5.88. The molecule has 2 rings (SSSR count). The van der Waals surface area contributed by atoms with Crippen molar-refractivity contribution in [2.75, 3.05) is 0 Å². The molecule has 0 aliphatic carbocycles. The fraction of sp³-hybridized carbons (Fsp3) is 0.100. The van der Waals surface area contributed by atoms with Gasteiger partial charge >= 0.3 is 5.97 Å². The van der Waals surface area contributed by atoms with Gasteiger partial charge in [-0.25, -0.2) is 9.78 Å². The van der Waals surface area contributed by atoms with Crippen LogP contribution < -0.4 is 0 Å². The molecule has 0 atom stereocenters. The molecule has 15 heavy (non-hydrogen) atoms.